The van der Waals surface area contributed by atoms with Gasteiger partial charge in [0.2, 0.25) is 0 Å². The van der Waals surface area contributed by atoms with E-state index in [9.17, 15) is 4.79 Å². The third-order valence-corrected chi connectivity index (χ3v) is 4.17. The topological polar surface area (TPSA) is 99.1 Å². The van der Waals surface area contributed by atoms with E-state index in [2.05, 4.69) is 57.0 Å². The van der Waals surface area contributed by atoms with E-state index in [1.807, 2.05) is 12.1 Å². The standard InChI is InChI=1S/C18H24N6O2/c1-19-18(25)20-8-6-16-22-17(26-23-16)12-4-5-15-14(10-12)13(11-21-15)7-9-24(2)3/h4-5,10-11,21H,6-9H2,1-3H3,(H2,19,20,25). The van der Waals surface area contributed by atoms with E-state index in [4.69, 9.17) is 4.52 Å². The molecule has 0 aliphatic rings. The molecule has 0 fully saturated rings. The maximum Gasteiger partial charge on any atom is 0.314 e. The zero-order valence-corrected chi connectivity index (χ0v) is 15.3. The van der Waals surface area contributed by atoms with Crippen molar-refractivity contribution in [2.45, 2.75) is 12.8 Å². The summed E-state index contributed by atoms with van der Waals surface area (Å²) in [5, 5.41) is 10.4. The maximum absolute atomic E-state index is 11.2. The third kappa shape index (κ3) is 4.20. The van der Waals surface area contributed by atoms with Gasteiger partial charge in [-0.1, -0.05) is 5.16 Å². The fourth-order valence-corrected chi connectivity index (χ4v) is 2.71. The first kappa shape index (κ1) is 17.9. The summed E-state index contributed by atoms with van der Waals surface area (Å²) < 4.78 is 5.39. The smallest absolute Gasteiger partial charge is 0.314 e. The summed E-state index contributed by atoms with van der Waals surface area (Å²) in [5.74, 6) is 1.06. The molecule has 8 heteroatoms. The lowest BCUT2D eigenvalue weighted by molar-refractivity contribution is 0.243. The van der Waals surface area contributed by atoms with E-state index in [0.717, 1.165) is 24.0 Å². The number of likely N-dealkylation sites (N-methyl/N-ethyl adjacent to an activating group) is 1. The minimum absolute atomic E-state index is 0.225. The molecule has 26 heavy (non-hydrogen) atoms. The highest BCUT2D eigenvalue weighted by molar-refractivity contribution is 5.87. The van der Waals surface area contributed by atoms with Gasteiger partial charge in [0, 0.05) is 49.2 Å². The van der Waals surface area contributed by atoms with Gasteiger partial charge in [-0.05, 0) is 44.3 Å². The van der Waals surface area contributed by atoms with Gasteiger partial charge in [0.15, 0.2) is 5.82 Å². The maximum atomic E-state index is 11.2. The summed E-state index contributed by atoms with van der Waals surface area (Å²) in [5.41, 5.74) is 3.25. The molecule has 0 radical (unpaired) electrons. The molecule has 1 aromatic carbocycles. The van der Waals surface area contributed by atoms with Gasteiger partial charge in [0.1, 0.15) is 0 Å². The molecular weight excluding hydrogens is 332 g/mol. The number of carbonyl (C=O) groups excluding carboxylic acids is 1. The summed E-state index contributed by atoms with van der Waals surface area (Å²) in [6.45, 7) is 1.43. The van der Waals surface area contributed by atoms with Gasteiger partial charge in [-0.25, -0.2) is 4.79 Å². The minimum Gasteiger partial charge on any atom is -0.361 e. The quantitative estimate of drug-likeness (QED) is 0.599. The van der Waals surface area contributed by atoms with Crippen molar-refractivity contribution >= 4 is 16.9 Å². The number of carbonyl (C=O) groups is 1. The number of fused-ring (bicyclic) bond motifs is 1. The fraction of sp³-hybridized carbons (Fsp3) is 0.389. The van der Waals surface area contributed by atoms with Crippen LogP contribution in [0.25, 0.3) is 22.4 Å². The van der Waals surface area contributed by atoms with Gasteiger partial charge in [0.25, 0.3) is 5.89 Å². The first-order chi connectivity index (χ1) is 12.6. The molecule has 0 saturated carbocycles. The molecule has 3 rings (SSSR count). The Morgan fingerprint density at radius 1 is 1.31 bits per heavy atom. The molecule has 2 heterocycles. The lowest BCUT2D eigenvalue weighted by atomic mass is 10.1. The summed E-state index contributed by atoms with van der Waals surface area (Å²) in [6.07, 6.45) is 3.54. The highest BCUT2D eigenvalue weighted by Gasteiger charge is 2.12. The van der Waals surface area contributed by atoms with Crippen molar-refractivity contribution in [3.8, 4) is 11.5 Å². The minimum atomic E-state index is -0.225. The Morgan fingerprint density at radius 2 is 2.15 bits per heavy atom. The molecule has 2 aromatic heterocycles. The molecule has 0 atom stereocenters. The number of nitrogens with zero attached hydrogens (tertiary/aromatic N) is 3. The number of hydrogen-bond acceptors (Lipinski definition) is 5. The Balaban J connectivity index is 1.73. The molecule has 0 aliphatic heterocycles. The number of urea groups is 1. The molecule has 0 spiro atoms. The molecule has 0 bridgehead atoms. The average molecular weight is 356 g/mol. The predicted octanol–water partition coefficient (Wildman–Crippen LogP) is 1.79. The fourth-order valence-electron chi connectivity index (χ4n) is 2.71. The van der Waals surface area contributed by atoms with Crippen LogP contribution in [-0.2, 0) is 12.8 Å². The monoisotopic (exact) mass is 356 g/mol. The van der Waals surface area contributed by atoms with E-state index >= 15 is 0 Å². The SMILES string of the molecule is CNC(=O)NCCc1noc(-c2ccc3[nH]cc(CCN(C)C)c3c2)n1. The molecule has 0 unspecified atom stereocenters. The van der Waals surface area contributed by atoms with E-state index in [0.29, 0.717) is 24.7 Å². The molecular formula is C18H24N6O2. The van der Waals surface area contributed by atoms with Gasteiger partial charge >= 0.3 is 6.03 Å². The van der Waals surface area contributed by atoms with E-state index in [1.54, 1.807) is 7.05 Å². The Morgan fingerprint density at radius 3 is 2.92 bits per heavy atom. The normalized spacial score (nSPS) is 11.2. The Labute approximate surface area is 152 Å². The van der Waals surface area contributed by atoms with Crippen molar-refractivity contribution in [3.05, 3.63) is 35.8 Å². The van der Waals surface area contributed by atoms with Crippen LogP contribution in [0.4, 0.5) is 4.79 Å². The summed E-state index contributed by atoms with van der Waals surface area (Å²) in [6, 6.07) is 5.85. The first-order valence-corrected chi connectivity index (χ1v) is 8.60. The number of nitrogens with one attached hydrogen (secondary N) is 3. The van der Waals surface area contributed by atoms with Crippen LogP contribution in [0, 0.1) is 0 Å². The summed E-state index contributed by atoms with van der Waals surface area (Å²) in [7, 11) is 5.71. The molecule has 3 aromatic rings. The van der Waals surface area contributed by atoms with Crippen LogP contribution in [0.3, 0.4) is 0 Å². The number of hydrogen-bond donors (Lipinski definition) is 3. The first-order valence-electron chi connectivity index (χ1n) is 8.60. The van der Waals surface area contributed by atoms with Crippen LogP contribution >= 0.6 is 0 Å². The summed E-state index contributed by atoms with van der Waals surface area (Å²) in [4.78, 5) is 21.1. The predicted molar refractivity (Wildman–Crippen MR) is 100 cm³/mol. The number of aromatic nitrogens is 3. The van der Waals surface area contributed by atoms with E-state index in [-0.39, 0.29) is 6.03 Å². The largest absolute Gasteiger partial charge is 0.361 e. The van der Waals surface area contributed by atoms with Crippen molar-refractivity contribution in [1.82, 2.24) is 30.7 Å². The zero-order chi connectivity index (χ0) is 18.5. The third-order valence-electron chi connectivity index (χ3n) is 4.17. The van der Waals surface area contributed by atoms with Crippen molar-refractivity contribution in [2.75, 3.05) is 34.2 Å². The van der Waals surface area contributed by atoms with Crippen molar-refractivity contribution < 1.29 is 9.32 Å². The molecule has 0 aliphatic carbocycles. The van der Waals surface area contributed by atoms with Gasteiger partial charge in [-0.15, -0.1) is 0 Å². The van der Waals surface area contributed by atoms with Crippen LogP contribution in [0.1, 0.15) is 11.4 Å². The number of amides is 2. The van der Waals surface area contributed by atoms with Gasteiger partial charge < -0.3 is 25.0 Å². The van der Waals surface area contributed by atoms with Gasteiger partial charge in [0.05, 0.1) is 0 Å². The molecule has 138 valence electrons. The zero-order valence-electron chi connectivity index (χ0n) is 15.3. The van der Waals surface area contributed by atoms with Crippen LogP contribution in [-0.4, -0.2) is 60.3 Å². The van der Waals surface area contributed by atoms with Gasteiger partial charge in [-0.3, -0.25) is 0 Å². The van der Waals surface area contributed by atoms with Crippen molar-refractivity contribution in [2.24, 2.45) is 0 Å². The molecule has 2 amide bonds. The second-order valence-corrected chi connectivity index (χ2v) is 6.40. The Kier molecular flexibility index (Phi) is 5.52. The molecule has 3 N–H and O–H groups in total. The van der Waals surface area contributed by atoms with Crippen LogP contribution in [0.2, 0.25) is 0 Å². The van der Waals surface area contributed by atoms with Crippen molar-refractivity contribution in [1.29, 1.82) is 0 Å². The highest BCUT2D eigenvalue weighted by Crippen LogP contribution is 2.26. The average Bonchev–Trinajstić information content (AvgIpc) is 3.26. The second kappa shape index (κ2) is 8.01. The lowest BCUT2D eigenvalue weighted by Gasteiger charge is -2.08. The van der Waals surface area contributed by atoms with E-state index < -0.39 is 0 Å². The van der Waals surface area contributed by atoms with Crippen LogP contribution < -0.4 is 10.6 Å². The van der Waals surface area contributed by atoms with Crippen LogP contribution in [0.5, 0.6) is 0 Å². The Hall–Kier alpha value is -2.87. The van der Waals surface area contributed by atoms with Crippen LogP contribution in [0.15, 0.2) is 28.9 Å². The number of benzene rings is 1. The number of rotatable bonds is 7. The molecule has 8 nitrogen and oxygen atoms in total. The number of H-pyrrole nitrogens is 1. The van der Waals surface area contributed by atoms with Crippen molar-refractivity contribution in [3.63, 3.8) is 0 Å². The molecule has 0 saturated heterocycles. The highest BCUT2D eigenvalue weighted by atomic mass is 16.5. The Bertz CT molecular complexity index is 883. The van der Waals surface area contributed by atoms with E-state index in [1.165, 1.54) is 10.9 Å². The lowest BCUT2D eigenvalue weighted by Crippen LogP contribution is -2.34. The second-order valence-electron chi connectivity index (χ2n) is 6.40. The summed E-state index contributed by atoms with van der Waals surface area (Å²) >= 11 is 0. The number of aromatic amines is 1. The van der Waals surface area contributed by atoms with Gasteiger partial charge in [-0.2, -0.15) is 4.98 Å².